The molecule has 0 radical (unpaired) electrons. The zero-order valence-corrected chi connectivity index (χ0v) is 12.2. The van der Waals surface area contributed by atoms with Gasteiger partial charge in [0.25, 0.3) is 5.91 Å². The summed E-state index contributed by atoms with van der Waals surface area (Å²) in [5.74, 6) is 0.308. The molecule has 1 N–H and O–H groups in total. The van der Waals surface area contributed by atoms with Gasteiger partial charge in [-0.3, -0.25) is 10.1 Å². The van der Waals surface area contributed by atoms with Gasteiger partial charge in [0.1, 0.15) is 12.4 Å². The number of aromatic nitrogens is 1. The minimum atomic E-state index is -0.229. The third kappa shape index (κ3) is 3.79. The van der Waals surface area contributed by atoms with Crippen molar-refractivity contribution in [2.45, 2.75) is 6.92 Å². The van der Waals surface area contributed by atoms with Crippen LogP contribution in [0.1, 0.15) is 16.1 Å². The topological polar surface area (TPSA) is 60.5 Å². The molecule has 0 saturated carbocycles. The van der Waals surface area contributed by atoms with Gasteiger partial charge in [-0.2, -0.15) is 0 Å². The molecule has 1 aromatic carbocycles. The number of benzene rings is 1. The Morgan fingerprint density at radius 2 is 2.15 bits per heavy atom. The Balaban J connectivity index is 2.08. The van der Waals surface area contributed by atoms with Crippen LogP contribution >= 0.6 is 11.3 Å². The highest BCUT2D eigenvalue weighted by Gasteiger charge is 2.13. The molecule has 20 heavy (non-hydrogen) atoms. The van der Waals surface area contributed by atoms with Crippen molar-refractivity contribution in [2.75, 3.05) is 25.6 Å². The van der Waals surface area contributed by atoms with Crippen molar-refractivity contribution in [2.24, 2.45) is 0 Å². The first-order valence-electron chi connectivity index (χ1n) is 6.15. The third-order valence-corrected chi connectivity index (χ3v) is 3.39. The molecule has 0 saturated heterocycles. The minimum Gasteiger partial charge on any atom is -0.490 e. The lowest BCUT2D eigenvalue weighted by molar-refractivity contribution is 0.101. The number of methoxy groups -OCH3 is 1. The van der Waals surface area contributed by atoms with Crippen molar-refractivity contribution in [3.8, 4) is 5.75 Å². The molecule has 1 aromatic heterocycles. The maximum absolute atomic E-state index is 12.2. The molecule has 0 atom stereocenters. The van der Waals surface area contributed by atoms with Gasteiger partial charge in [-0.05, 0) is 19.1 Å². The van der Waals surface area contributed by atoms with Crippen LogP contribution in [-0.4, -0.2) is 31.2 Å². The average molecular weight is 292 g/mol. The van der Waals surface area contributed by atoms with Gasteiger partial charge in [-0.1, -0.05) is 12.1 Å². The molecule has 0 bridgehead atoms. The maximum atomic E-state index is 12.2. The van der Waals surface area contributed by atoms with E-state index < -0.39 is 0 Å². The largest absolute Gasteiger partial charge is 0.490 e. The van der Waals surface area contributed by atoms with E-state index in [-0.39, 0.29) is 5.91 Å². The zero-order valence-electron chi connectivity index (χ0n) is 11.4. The van der Waals surface area contributed by atoms with E-state index in [4.69, 9.17) is 9.47 Å². The standard InChI is InChI=1S/C14H16N2O3S/c1-10-9-20-14(15-10)16-13(17)11-5-3-4-6-12(11)19-8-7-18-2/h3-6,9H,7-8H2,1-2H3,(H,15,16,17). The summed E-state index contributed by atoms with van der Waals surface area (Å²) < 4.78 is 10.5. The number of carbonyl (C=O) groups is 1. The van der Waals surface area contributed by atoms with E-state index in [2.05, 4.69) is 10.3 Å². The summed E-state index contributed by atoms with van der Waals surface area (Å²) in [6.45, 7) is 2.76. The van der Waals surface area contributed by atoms with E-state index in [1.807, 2.05) is 18.4 Å². The third-order valence-electron chi connectivity index (χ3n) is 2.52. The SMILES string of the molecule is COCCOc1ccccc1C(=O)Nc1nc(C)cs1. The molecule has 0 unspecified atom stereocenters. The van der Waals surface area contributed by atoms with Crippen LogP contribution in [0.25, 0.3) is 0 Å². The summed E-state index contributed by atoms with van der Waals surface area (Å²) in [7, 11) is 1.60. The summed E-state index contributed by atoms with van der Waals surface area (Å²) in [6.07, 6.45) is 0. The van der Waals surface area contributed by atoms with Crippen LogP contribution in [0.3, 0.4) is 0 Å². The number of amides is 1. The number of nitrogens with one attached hydrogen (secondary N) is 1. The Kier molecular flexibility index (Phi) is 5.09. The van der Waals surface area contributed by atoms with Crippen LogP contribution in [0.15, 0.2) is 29.6 Å². The fraction of sp³-hybridized carbons (Fsp3) is 0.286. The monoisotopic (exact) mass is 292 g/mol. The summed E-state index contributed by atoms with van der Waals surface area (Å²) in [4.78, 5) is 16.4. The highest BCUT2D eigenvalue weighted by atomic mass is 32.1. The smallest absolute Gasteiger partial charge is 0.261 e. The van der Waals surface area contributed by atoms with Crippen molar-refractivity contribution >= 4 is 22.4 Å². The van der Waals surface area contributed by atoms with Gasteiger partial charge in [0.05, 0.1) is 17.9 Å². The number of ether oxygens (including phenoxy) is 2. The molecule has 0 aliphatic rings. The Labute approximate surface area is 121 Å². The van der Waals surface area contributed by atoms with Crippen LogP contribution in [0.2, 0.25) is 0 Å². The molecule has 6 heteroatoms. The number of para-hydroxylation sites is 1. The number of rotatable bonds is 6. The van der Waals surface area contributed by atoms with Crippen LogP contribution in [0, 0.1) is 6.92 Å². The quantitative estimate of drug-likeness (QED) is 0.832. The van der Waals surface area contributed by atoms with Gasteiger partial charge in [0, 0.05) is 12.5 Å². The molecular weight excluding hydrogens is 276 g/mol. The predicted molar refractivity (Wildman–Crippen MR) is 78.6 cm³/mol. The summed E-state index contributed by atoms with van der Waals surface area (Å²) in [5.41, 5.74) is 1.37. The Morgan fingerprint density at radius 3 is 2.85 bits per heavy atom. The summed E-state index contributed by atoms with van der Waals surface area (Å²) in [6, 6.07) is 7.10. The van der Waals surface area contributed by atoms with Gasteiger partial charge >= 0.3 is 0 Å². The Morgan fingerprint density at radius 1 is 1.35 bits per heavy atom. The van der Waals surface area contributed by atoms with Gasteiger partial charge < -0.3 is 9.47 Å². The Bertz CT molecular complexity index is 583. The molecule has 2 rings (SSSR count). The van der Waals surface area contributed by atoms with Crippen molar-refractivity contribution in [3.63, 3.8) is 0 Å². The van der Waals surface area contributed by atoms with Gasteiger partial charge in [-0.25, -0.2) is 4.98 Å². The van der Waals surface area contributed by atoms with Crippen LogP contribution in [0.4, 0.5) is 5.13 Å². The molecule has 0 fully saturated rings. The number of thiazole rings is 1. The molecule has 5 nitrogen and oxygen atoms in total. The van der Waals surface area contributed by atoms with Gasteiger partial charge in [0.15, 0.2) is 5.13 Å². The number of aryl methyl sites for hydroxylation is 1. The van der Waals surface area contributed by atoms with E-state index in [9.17, 15) is 4.79 Å². The molecule has 2 aromatic rings. The lowest BCUT2D eigenvalue weighted by Crippen LogP contribution is -2.14. The van der Waals surface area contributed by atoms with E-state index in [0.29, 0.717) is 29.7 Å². The lowest BCUT2D eigenvalue weighted by atomic mass is 10.2. The first-order chi connectivity index (χ1) is 9.70. The Hall–Kier alpha value is -1.92. The second kappa shape index (κ2) is 7.02. The first-order valence-corrected chi connectivity index (χ1v) is 7.03. The molecule has 0 spiro atoms. The number of hydrogen-bond donors (Lipinski definition) is 1. The number of hydrogen-bond acceptors (Lipinski definition) is 5. The second-order valence-corrected chi connectivity index (χ2v) is 4.94. The minimum absolute atomic E-state index is 0.229. The highest BCUT2D eigenvalue weighted by Crippen LogP contribution is 2.21. The van der Waals surface area contributed by atoms with Gasteiger partial charge in [0.2, 0.25) is 0 Å². The normalized spacial score (nSPS) is 10.3. The van der Waals surface area contributed by atoms with E-state index in [1.165, 1.54) is 11.3 Å². The number of carbonyl (C=O) groups excluding carboxylic acids is 1. The fourth-order valence-corrected chi connectivity index (χ4v) is 2.27. The zero-order chi connectivity index (χ0) is 14.4. The van der Waals surface area contributed by atoms with E-state index in [0.717, 1.165) is 5.69 Å². The number of anilines is 1. The molecule has 1 amide bonds. The molecule has 1 heterocycles. The van der Waals surface area contributed by atoms with Gasteiger partial charge in [-0.15, -0.1) is 11.3 Å². The molecule has 0 aliphatic carbocycles. The van der Waals surface area contributed by atoms with Crippen LogP contribution in [-0.2, 0) is 4.74 Å². The van der Waals surface area contributed by atoms with E-state index in [1.54, 1.807) is 25.3 Å². The first kappa shape index (κ1) is 14.5. The fourth-order valence-electron chi connectivity index (χ4n) is 1.59. The van der Waals surface area contributed by atoms with Crippen molar-refractivity contribution in [1.29, 1.82) is 0 Å². The predicted octanol–water partition coefficient (Wildman–Crippen LogP) is 2.73. The lowest BCUT2D eigenvalue weighted by Gasteiger charge is -2.10. The average Bonchev–Trinajstić information content (AvgIpc) is 2.85. The maximum Gasteiger partial charge on any atom is 0.261 e. The van der Waals surface area contributed by atoms with E-state index >= 15 is 0 Å². The second-order valence-electron chi connectivity index (χ2n) is 4.09. The summed E-state index contributed by atoms with van der Waals surface area (Å²) in [5, 5.41) is 5.24. The van der Waals surface area contributed by atoms with Crippen LogP contribution in [0.5, 0.6) is 5.75 Å². The molecule has 0 aliphatic heterocycles. The molecular formula is C14H16N2O3S. The van der Waals surface area contributed by atoms with Crippen LogP contribution < -0.4 is 10.1 Å². The molecule has 106 valence electrons. The highest BCUT2D eigenvalue weighted by molar-refractivity contribution is 7.13. The van der Waals surface area contributed by atoms with Crippen molar-refractivity contribution in [1.82, 2.24) is 4.98 Å². The van der Waals surface area contributed by atoms with Crippen molar-refractivity contribution in [3.05, 3.63) is 40.9 Å². The number of nitrogens with zero attached hydrogens (tertiary/aromatic N) is 1. The van der Waals surface area contributed by atoms with Crippen molar-refractivity contribution < 1.29 is 14.3 Å². The summed E-state index contributed by atoms with van der Waals surface area (Å²) >= 11 is 1.40.